The van der Waals surface area contributed by atoms with Crippen LogP contribution in [0.3, 0.4) is 0 Å². The smallest absolute Gasteiger partial charge is 0.312 e. The molecule has 1 fully saturated rings. The van der Waals surface area contributed by atoms with E-state index >= 15 is 0 Å². The van der Waals surface area contributed by atoms with Gasteiger partial charge in [0.1, 0.15) is 22.9 Å². The summed E-state index contributed by atoms with van der Waals surface area (Å²) in [7, 11) is 0. The fourth-order valence-corrected chi connectivity index (χ4v) is 6.41. The zero-order valence-corrected chi connectivity index (χ0v) is 23.3. The molecule has 1 unspecified atom stereocenters. The van der Waals surface area contributed by atoms with Crippen LogP contribution in [0.1, 0.15) is 101 Å². The Morgan fingerprint density at radius 2 is 1.84 bits per heavy atom. The van der Waals surface area contributed by atoms with E-state index < -0.39 is 0 Å². The molecule has 5 heteroatoms. The largest absolute Gasteiger partial charge is 0.483 e. The molecule has 2 aromatic rings. The van der Waals surface area contributed by atoms with Crippen molar-refractivity contribution in [1.29, 1.82) is 0 Å². The van der Waals surface area contributed by atoms with E-state index in [1.807, 2.05) is 12.1 Å². The number of likely N-dealkylation sites (tertiary alicyclic amines) is 1. The van der Waals surface area contributed by atoms with Crippen molar-refractivity contribution in [1.82, 2.24) is 4.90 Å². The highest BCUT2D eigenvalue weighted by Gasteiger charge is 2.39. The molecule has 4 nitrogen and oxygen atoms in total. The Hall–Kier alpha value is -2.66. The minimum atomic E-state index is -0.348. The Kier molecular flexibility index (Phi) is 8.23. The summed E-state index contributed by atoms with van der Waals surface area (Å²) in [6, 6.07) is 11.0. The maximum Gasteiger partial charge on any atom is 0.312 e. The van der Waals surface area contributed by atoms with Crippen molar-refractivity contribution >= 4 is 11.5 Å². The van der Waals surface area contributed by atoms with Gasteiger partial charge in [0.05, 0.1) is 12.0 Å². The van der Waals surface area contributed by atoms with Gasteiger partial charge in [-0.2, -0.15) is 0 Å². The fraction of sp³-hybridized carbons (Fsp3) is 0.545. The first-order valence-electron chi connectivity index (χ1n) is 14.6. The lowest BCUT2D eigenvalue weighted by Crippen LogP contribution is -2.34. The van der Waals surface area contributed by atoms with Gasteiger partial charge in [0.25, 0.3) is 0 Å². The van der Waals surface area contributed by atoms with E-state index in [4.69, 9.17) is 9.47 Å². The maximum atomic E-state index is 13.3. The van der Waals surface area contributed by atoms with Gasteiger partial charge in [-0.05, 0) is 131 Å². The predicted octanol–water partition coefficient (Wildman–Crippen LogP) is 7.84. The molecule has 1 saturated heterocycles. The molecule has 204 valence electrons. The molecule has 0 radical (unpaired) electrons. The van der Waals surface area contributed by atoms with E-state index in [9.17, 15) is 9.18 Å². The molecule has 1 atom stereocenters. The molecule has 2 aliphatic heterocycles. The van der Waals surface area contributed by atoms with E-state index in [2.05, 4.69) is 37.8 Å². The molecule has 1 aliphatic carbocycles. The van der Waals surface area contributed by atoms with Crippen LogP contribution < -0.4 is 9.47 Å². The number of halogens is 1. The average molecular weight is 520 g/mol. The topological polar surface area (TPSA) is 38.8 Å². The average Bonchev–Trinajstić information content (AvgIpc) is 3.40. The van der Waals surface area contributed by atoms with Gasteiger partial charge in [0.2, 0.25) is 0 Å². The minimum Gasteiger partial charge on any atom is -0.483 e. The first-order chi connectivity index (χ1) is 18.3. The van der Waals surface area contributed by atoms with Gasteiger partial charge in [-0.1, -0.05) is 25.5 Å². The highest BCUT2D eigenvalue weighted by Crippen LogP contribution is 2.52. The van der Waals surface area contributed by atoms with Gasteiger partial charge < -0.3 is 14.4 Å². The van der Waals surface area contributed by atoms with Crippen molar-refractivity contribution in [2.45, 2.75) is 96.5 Å². The number of nitrogens with zero attached hydrogens (tertiary/aromatic N) is 1. The summed E-state index contributed by atoms with van der Waals surface area (Å²) in [5.74, 6) is 1.42. The Bertz CT molecular complexity index is 1180. The van der Waals surface area contributed by atoms with E-state index in [1.54, 1.807) is 0 Å². The number of allylic oxidation sites excluding steroid dienone is 1. The highest BCUT2D eigenvalue weighted by molar-refractivity contribution is 5.84. The second kappa shape index (κ2) is 11.6. The van der Waals surface area contributed by atoms with Crippen molar-refractivity contribution in [3.05, 3.63) is 64.5 Å². The van der Waals surface area contributed by atoms with E-state index in [0.29, 0.717) is 12.2 Å². The van der Waals surface area contributed by atoms with Crippen LogP contribution in [0.25, 0.3) is 5.57 Å². The number of rotatable bonds is 9. The zero-order valence-electron chi connectivity index (χ0n) is 23.3. The Morgan fingerprint density at radius 3 is 2.61 bits per heavy atom. The number of carbonyl (C=O) groups excluding carboxylic acids is 1. The first kappa shape index (κ1) is 26.9. The Morgan fingerprint density at radius 1 is 1.08 bits per heavy atom. The van der Waals surface area contributed by atoms with E-state index in [0.717, 1.165) is 80.6 Å². The van der Waals surface area contributed by atoms with Crippen LogP contribution in [0.2, 0.25) is 0 Å². The number of fused-ring (bicyclic) bond motifs is 2. The summed E-state index contributed by atoms with van der Waals surface area (Å²) >= 11 is 0. The second-order valence-electron chi connectivity index (χ2n) is 11.9. The molecule has 2 aromatic carbocycles. The lowest BCUT2D eigenvalue weighted by atomic mass is 9.85. The van der Waals surface area contributed by atoms with Gasteiger partial charge in [0.15, 0.2) is 0 Å². The van der Waals surface area contributed by atoms with Crippen molar-refractivity contribution in [2.75, 3.05) is 19.6 Å². The van der Waals surface area contributed by atoms with Crippen LogP contribution in [-0.4, -0.2) is 36.1 Å². The minimum absolute atomic E-state index is 0.163. The number of carbonyl (C=O) groups is 1. The van der Waals surface area contributed by atoms with Crippen molar-refractivity contribution in [3.8, 4) is 11.5 Å². The summed E-state index contributed by atoms with van der Waals surface area (Å²) in [5, 5.41) is 0. The van der Waals surface area contributed by atoms with Crippen LogP contribution in [0.15, 0.2) is 42.0 Å². The standard InChI is InChI=1S/C33H42FNO3/c1-23(9-7-10-24-13-15-26(34)16-14-24)25-21-29(37-31(36)17-20-35-18-5-4-6-19-35)32-27-11-8-12-28(27)33(2,3)38-30(32)22-25/h13-16,21-23H,4-12,17-20H2,1-3H3. The van der Waals surface area contributed by atoms with Gasteiger partial charge in [-0.15, -0.1) is 0 Å². The number of benzene rings is 2. The third-order valence-corrected chi connectivity index (χ3v) is 8.59. The second-order valence-corrected chi connectivity index (χ2v) is 11.9. The van der Waals surface area contributed by atoms with Crippen LogP contribution in [0.5, 0.6) is 11.5 Å². The molecule has 0 N–H and O–H groups in total. The predicted molar refractivity (Wildman–Crippen MR) is 150 cm³/mol. The summed E-state index contributed by atoms with van der Waals surface area (Å²) in [5.41, 5.74) is 5.59. The number of hydrogen-bond acceptors (Lipinski definition) is 4. The summed E-state index contributed by atoms with van der Waals surface area (Å²) in [4.78, 5) is 15.4. The number of ether oxygens (including phenoxy) is 2. The monoisotopic (exact) mass is 519 g/mol. The van der Waals surface area contributed by atoms with Crippen molar-refractivity contribution in [2.24, 2.45) is 0 Å². The molecule has 0 saturated carbocycles. The van der Waals surface area contributed by atoms with Crippen molar-refractivity contribution in [3.63, 3.8) is 0 Å². The van der Waals surface area contributed by atoms with E-state index in [-0.39, 0.29) is 23.3 Å². The fourth-order valence-electron chi connectivity index (χ4n) is 6.41. The molecule has 3 aliphatic rings. The van der Waals surface area contributed by atoms with Gasteiger partial charge >= 0.3 is 5.97 Å². The molecule has 2 heterocycles. The molecule has 0 bridgehead atoms. The molecule has 5 rings (SSSR count). The lowest BCUT2D eigenvalue weighted by molar-refractivity contribution is -0.134. The first-order valence-corrected chi connectivity index (χ1v) is 14.6. The lowest BCUT2D eigenvalue weighted by Gasteiger charge is -2.36. The molecular formula is C33H42FNO3. The Balaban J connectivity index is 1.35. The number of esters is 1. The third kappa shape index (κ3) is 6.14. The number of hydrogen-bond donors (Lipinski definition) is 0. The van der Waals surface area contributed by atoms with Gasteiger partial charge in [-0.3, -0.25) is 4.79 Å². The summed E-state index contributed by atoms with van der Waals surface area (Å²) < 4.78 is 26.0. The van der Waals surface area contributed by atoms with Crippen LogP contribution in [0, 0.1) is 5.82 Å². The highest BCUT2D eigenvalue weighted by atomic mass is 19.1. The van der Waals surface area contributed by atoms with Gasteiger partial charge in [-0.25, -0.2) is 4.39 Å². The quantitative estimate of drug-likeness (QED) is 0.250. The number of aryl methyl sites for hydroxylation is 1. The Labute approximate surface area is 227 Å². The van der Waals surface area contributed by atoms with Crippen LogP contribution >= 0.6 is 0 Å². The summed E-state index contributed by atoms with van der Waals surface area (Å²) in [6.45, 7) is 9.44. The number of piperidine rings is 1. The normalized spacial score (nSPS) is 19.5. The maximum absolute atomic E-state index is 13.3. The molecular weight excluding hydrogens is 477 g/mol. The third-order valence-electron chi connectivity index (χ3n) is 8.59. The molecule has 0 spiro atoms. The van der Waals surface area contributed by atoms with Crippen LogP contribution in [0.4, 0.5) is 4.39 Å². The zero-order chi connectivity index (χ0) is 26.7. The summed E-state index contributed by atoms with van der Waals surface area (Å²) in [6.07, 6.45) is 10.2. The molecule has 0 aromatic heterocycles. The van der Waals surface area contributed by atoms with Crippen LogP contribution in [-0.2, 0) is 11.2 Å². The molecule has 0 amide bonds. The molecule has 38 heavy (non-hydrogen) atoms. The SMILES string of the molecule is CC(CCCc1ccc(F)cc1)c1cc(OC(=O)CCN2CCCCC2)c2c(c1)OC(C)(C)C1=C2CCC1. The van der Waals surface area contributed by atoms with Gasteiger partial charge in [0, 0.05) is 6.54 Å². The van der Waals surface area contributed by atoms with E-state index in [1.165, 1.54) is 42.5 Å². The van der Waals surface area contributed by atoms with Crippen molar-refractivity contribution < 1.29 is 18.7 Å².